The van der Waals surface area contributed by atoms with Gasteiger partial charge in [0.15, 0.2) is 0 Å². The fraction of sp³-hybridized carbons (Fsp3) is 0.833. The largest absolute Gasteiger partial charge is 0.481 e. The number of aliphatic carboxylic acids is 1. The van der Waals surface area contributed by atoms with E-state index in [-0.39, 0.29) is 18.9 Å². The smallest absolute Gasteiger partial charge is 0.410 e. The summed E-state index contributed by atoms with van der Waals surface area (Å²) in [6.45, 7) is 5.89. The van der Waals surface area contributed by atoms with Crippen molar-refractivity contribution in [3.05, 3.63) is 0 Å². The van der Waals surface area contributed by atoms with Crippen LogP contribution in [0, 0.1) is 5.92 Å². The Morgan fingerprint density at radius 2 is 1.94 bits per heavy atom. The monoisotopic (exact) mass is 259 g/mol. The van der Waals surface area contributed by atoms with Crippen LogP contribution in [0.1, 0.15) is 33.6 Å². The Morgan fingerprint density at radius 3 is 2.44 bits per heavy atom. The molecule has 1 heterocycles. The number of amides is 1. The molecule has 1 aliphatic heterocycles. The Balaban J connectivity index is 2.47. The molecule has 1 saturated heterocycles. The molecule has 1 amide bonds. The lowest BCUT2D eigenvalue weighted by atomic mass is 10.0. The van der Waals surface area contributed by atoms with E-state index in [2.05, 4.69) is 0 Å². The van der Waals surface area contributed by atoms with Crippen LogP contribution in [0.4, 0.5) is 4.79 Å². The Hall–Kier alpha value is -1.30. The number of hydrogen-bond donors (Lipinski definition) is 2. The van der Waals surface area contributed by atoms with Crippen LogP contribution in [0.25, 0.3) is 0 Å². The summed E-state index contributed by atoms with van der Waals surface area (Å²) in [5, 5.41) is 18.4. The summed E-state index contributed by atoms with van der Waals surface area (Å²) in [4.78, 5) is 23.7. The van der Waals surface area contributed by atoms with Gasteiger partial charge in [-0.25, -0.2) is 4.79 Å². The third kappa shape index (κ3) is 4.52. The number of carboxylic acid groups (broad SMARTS) is 1. The molecule has 2 atom stereocenters. The summed E-state index contributed by atoms with van der Waals surface area (Å²) in [7, 11) is 0. The molecule has 0 aliphatic carbocycles. The molecule has 0 saturated carbocycles. The van der Waals surface area contributed by atoms with Crippen LogP contribution in [-0.2, 0) is 9.53 Å². The van der Waals surface area contributed by atoms with E-state index in [1.165, 1.54) is 4.90 Å². The second kappa shape index (κ2) is 5.56. The van der Waals surface area contributed by atoms with Crippen LogP contribution in [-0.4, -0.2) is 52.0 Å². The second-order valence-electron chi connectivity index (χ2n) is 5.65. The van der Waals surface area contributed by atoms with Gasteiger partial charge in [0.1, 0.15) is 5.60 Å². The van der Waals surface area contributed by atoms with Crippen molar-refractivity contribution in [3.8, 4) is 0 Å². The summed E-state index contributed by atoms with van der Waals surface area (Å²) in [5.74, 6) is -1.08. The predicted octanol–water partition coefficient (Wildman–Crippen LogP) is 1.08. The number of rotatable bonds is 3. The maximum absolute atomic E-state index is 11.8. The summed E-state index contributed by atoms with van der Waals surface area (Å²) in [6, 6.07) is 0. The Bertz CT molecular complexity index is 323. The van der Waals surface area contributed by atoms with Crippen molar-refractivity contribution in [2.24, 2.45) is 5.92 Å². The molecule has 6 nitrogen and oxygen atoms in total. The molecular formula is C12H21NO5. The van der Waals surface area contributed by atoms with Crippen LogP contribution in [0.2, 0.25) is 0 Å². The topological polar surface area (TPSA) is 87.1 Å². The molecule has 0 radical (unpaired) electrons. The number of carbonyl (C=O) groups is 2. The number of aliphatic hydroxyl groups excluding tert-OH is 1. The third-order valence-corrected chi connectivity index (χ3v) is 2.79. The number of ether oxygens (including phenoxy) is 1. The van der Waals surface area contributed by atoms with Crippen molar-refractivity contribution in [1.82, 2.24) is 4.90 Å². The molecule has 0 aromatic heterocycles. The van der Waals surface area contributed by atoms with Gasteiger partial charge in [-0.05, 0) is 27.2 Å². The fourth-order valence-corrected chi connectivity index (χ4v) is 1.92. The molecule has 0 aromatic rings. The summed E-state index contributed by atoms with van der Waals surface area (Å²) < 4.78 is 5.20. The van der Waals surface area contributed by atoms with Crippen LogP contribution in [0.3, 0.4) is 0 Å². The first-order valence-electron chi connectivity index (χ1n) is 6.07. The van der Waals surface area contributed by atoms with Gasteiger partial charge in [0.05, 0.1) is 12.6 Å². The van der Waals surface area contributed by atoms with E-state index in [1.54, 1.807) is 20.8 Å². The van der Waals surface area contributed by atoms with Gasteiger partial charge < -0.3 is 19.8 Å². The normalized spacial score (nSPS) is 24.1. The van der Waals surface area contributed by atoms with Crippen LogP contribution >= 0.6 is 0 Å². The van der Waals surface area contributed by atoms with Gasteiger partial charge in [-0.1, -0.05) is 0 Å². The van der Waals surface area contributed by atoms with Gasteiger partial charge in [-0.15, -0.1) is 0 Å². The first kappa shape index (κ1) is 14.8. The Labute approximate surface area is 107 Å². The van der Waals surface area contributed by atoms with Crippen LogP contribution < -0.4 is 0 Å². The fourth-order valence-electron chi connectivity index (χ4n) is 1.92. The highest BCUT2D eigenvalue weighted by atomic mass is 16.6. The number of aliphatic hydroxyl groups is 1. The molecule has 0 spiro atoms. The number of nitrogens with zero attached hydrogens (tertiary/aromatic N) is 1. The predicted molar refractivity (Wildman–Crippen MR) is 64.2 cm³/mol. The Morgan fingerprint density at radius 1 is 1.33 bits per heavy atom. The molecule has 0 aromatic carbocycles. The standard InChI is InChI=1S/C12H21NO5/c1-12(2,3)18-11(17)13-6-8(9(14)7-13)4-5-10(15)16/h8-9,14H,4-7H2,1-3H3,(H,15,16)/t8-,9-/m0/s1. The quantitative estimate of drug-likeness (QED) is 0.792. The first-order valence-corrected chi connectivity index (χ1v) is 6.07. The van der Waals surface area contributed by atoms with Gasteiger partial charge in [0.2, 0.25) is 0 Å². The van der Waals surface area contributed by atoms with Gasteiger partial charge in [0.25, 0.3) is 0 Å². The number of carboxylic acids is 1. The lowest BCUT2D eigenvalue weighted by molar-refractivity contribution is -0.137. The zero-order valence-corrected chi connectivity index (χ0v) is 11.0. The molecular weight excluding hydrogens is 238 g/mol. The molecule has 6 heteroatoms. The van der Waals surface area contributed by atoms with E-state index in [4.69, 9.17) is 9.84 Å². The average molecular weight is 259 g/mol. The van der Waals surface area contributed by atoms with Gasteiger partial charge in [-0.3, -0.25) is 4.79 Å². The van der Waals surface area contributed by atoms with Gasteiger partial charge in [0, 0.05) is 18.9 Å². The minimum absolute atomic E-state index is 0.00385. The minimum Gasteiger partial charge on any atom is -0.481 e. The maximum atomic E-state index is 11.8. The lowest BCUT2D eigenvalue weighted by Crippen LogP contribution is -2.35. The van der Waals surface area contributed by atoms with E-state index in [0.717, 1.165) is 0 Å². The third-order valence-electron chi connectivity index (χ3n) is 2.79. The zero-order chi connectivity index (χ0) is 13.9. The van der Waals surface area contributed by atoms with Crippen molar-refractivity contribution >= 4 is 12.1 Å². The summed E-state index contributed by atoms with van der Waals surface area (Å²) in [6.07, 6.45) is -0.754. The van der Waals surface area contributed by atoms with Crippen molar-refractivity contribution < 1.29 is 24.5 Å². The van der Waals surface area contributed by atoms with Gasteiger partial charge in [-0.2, -0.15) is 0 Å². The number of likely N-dealkylation sites (tertiary alicyclic amines) is 1. The van der Waals surface area contributed by atoms with Gasteiger partial charge >= 0.3 is 12.1 Å². The minimum atomic E-state index is -0.891. The van der Waals surface area contributed by atoms with E-state index >= 15 is 0 Å². The van der Waals surface area contributed by atoms with Crippen LogP contribution in [0.5, 0.6) is 0 Å². The summed E-state index contributed by atoms with van der Waals surface area (Å²) in [5.41, 5.74) is -0.568. The second-order valence-corrected chi connectivity index (χ2v) is 5.65. The lowest BCUT2D eigenvalue weighted by Gasteiger charge is -2.24. The first-order chi connectivity index (χ1) is 8.19. The van der Waals surface area contributed by atoms with Crippen LogP contribution in [0.15, 0.2) is 0 Å². The molecule has 2 N–H and O–H groups in total. The molecule has 18 heavy (non-hydrogen) atoms. The zero-order valence-electron chi connectivity index (χ0n) is 11.0. The molecule has 0 unspecified atom stereocenters. The van der Waals surface area contributed by atoms with E-state index < -0.39 is 23.8 Å². The van der Waals surface area contributed by atoms with Crippen molar-refractivity contribution in [3.63, 3.8) is 0 Å². The molecule has 1 aliphatic rings. The van der Waals surface area contributed by atoms with Crippen molar-refractivity contribution in [2.75, 3.05) is 13.1 Å². The number of carbonyl (C=O) groups excluding carboxylic acids is 1. The molecule has 1 rings (SSSR count). The SMILES string of the molecule is CC(C)(C)OC(=O)N1C[C@H](CCC(=O)O)[C@@H](O)C1. The number of hydrogen-bond acceptors (Lipinski definition) is 4. The van der Waals surface area contributed by atoms with E-state index in [1.807, 2.05) is 0 Å². The van der Waals surface area contributed by atoms with E-state index in [9.17, 15) is 14.7 Å². The maximum Gasteiger partial charge on any atom is 0.410 e. The highest BCUT2D eigenvalue weighted by molar-refractivity contribution is 5.69. The average Bonchev–Trinajstić information content (AvgIpc) is 2.54. The highest BCUT2D eigenvalue weighted by Gasteiger charge is 2.35. The summed E-state index contributed by atoms with van der Waals surface area (Å²) >= 11 is 0. The van der Waals surface area contributed by atoms with Crippen molar-refractivity contribution in [1.29, 1.82) is 0 Å². The molecule has 104 valence electrons. The highest BCUT2D eigenvalue weighted by Crippen LogP contribution is 2.23. The Kier molecular flexibility index (Phi) is 4.56. The molecule has 1 fully saturated rings. The van der Waals surface area contributed by atoms with E-state index in [0.29, 0.717) is 13.0 Å². The van der Waals surface area contributed by atoms with Crippen molar-refractivity contribution in [2.45, 2.75) is 45.3 Å². The molecule has 0 bridgehead atoms. The number of β-amino-alcohol motifs (C(OH)–C–C–N with tert-alkyl or cyclic N) is 1.